The molecule has 18 heavy (non-hydrogen) atoms. The molecule has 0 radical (unpaired) electrons. The number of hydrogen-bond donors (Lipinski definition) is 1. The van der Waals surface area contributed by atoms with Crippen molar-refractivity contribution in [2.45, 2.75) is 64.8 Å². The highest BCUT2D eigenvalue weighted by molar-refractivity contribution is 5.84. The van der Waals surface area contributed by atoms with Crippen molar-refractivity contribution in [2.24, 2.45) is 5.92 Å². The minimum Gasteiger partial charge on any atom is -0.376 e. The number of amides is 1. The molecule has 2 heterocycles. The monoisotopic (exact) mass is 254 g/mol. The van der Waals surface area contributed by atoms with Crippen LogP contribution in [0.1, 0.15) is 46.5 Å². The molecule has 0 bridgehead atoms. The first-order valence-corrected chi connectivity index (χ1v) is 7.30. The van der Waals surface area contributed by atoms with E-state index in [1.54, 1.807) is 0 Å². The van der Waals surface area contributed by atoms with Crippen LogP contribution in [0.4, 0.5) is 0 Å². The van der Waals surface area contributed by atoms with E-state index in [0.717, 1.165) is 38.8 Å². The Morgan fingerprint density at radius 1 is 1.50 bits per heavy atom. The van der Waals surface area contributed by atoms with Crippen molar-refractivity contribution < 1.29 is 9.53 Å². The van der Waals surface area contributed by atoms with Gasteiger partial charge in [-0.15, -0.1) is 0 Å². The Morgan fingerprint density at radius 3 is 2.83 bits per heavy atom. The van der Waals surface area contributed by atoms with Gasteiger partial charge in [0, 0.05) is 13.2 Å². The lowest BCUT2D eigenvalue weighted by molar-refractivity contribution is -0.131. The lowest BCUT2D eigenvalue weighted by Gasteiger charge is -2.27. The van der Waals surface area contributed by atoms with Gasteiger partial charge >= 0.3 is 0 Å². The fraction of sp³-hybridized carbons (Fsp3) is 0.929. The van der Waals surface area contributed by atoms with E-state index in [1.807, 2.05) is 4.90 Å². The summed E-state index contributed by atoms with van der Waals surface area (Å²) in [5.74, 6) is 0.858. The van der Waals surface area contributed by atoms with Gasteiger partial charge in [0.15, 0.2) is 0 Å². The highest BCUT2D eigenvalue weighted by Crippen LogP contribution is 2.22. The fourth-order valence-electron chi connectivity index (χ4n) is 2.91. The third-order valence-corrected chi connectivity index (χ3v) is 3.88. The second-order valence-electron chi connectivity index (χ2n) is 5.90. The molecule has 1 amide bonds. The van der Waals surface area contributed by atoms with Crippen LogP contribution in [0.5, 0.6) is 0 Å². The Morgan fingerprint density at radius 2 is 2.28 bits per heavy atom. The molecule has 0 aromatic rings. The predicted octanol–water partition coefficient (Wildman–Crippen LogP) is 1.75. The highest BCUT2D eigenvalue weighted by atomic mass is 16.5. The van der Waals surface area contributed by atoms with Gasteiger partial charge in [-0.2, -0.15) is 0 Å². The van der Waals surface area contributed by atoms with Gasteiger partial charge in [-0.05, 0) is 31.6 Å². The van der Waals surface area contributed by atoms with Crippen LogP contribution in [-0.4, -0.2) is 42.3 Å². The molecule has 2 fully saturated rings. The maximum absolute atomic E-state index is 12.3. The largest absolute Gasteiger partial charge is 0.376 e. The lowest BCUT2D eigenvalue weighted by atomic mass is 10.1. The molecule has 3 atom stereocenters. The maximum atomic E-state index is 12.3. The van der Waals surface area contributed by atoms with Gasteiger partial charge in [-0.25, -0.2) is 0 Å². The summed E-state index contributed by atoms with van der Waals surface area (Å²) < 4.78 is 5.66. The highest BCUT2D eigenvalue weighted by Gasteiger charge is 2.39. The average Bonchev–Trinajstić information content (AvgIpc) is 2.91. The molecule has 0 saturated carbocycles. The molecule has 1 N–H and O–H groups in total. The Kier molecular flexibility index (Phi) is 4.62. The average molecular weight is 254 g/mol. The normalized spacial score (nSPS) is 32.8. The van der Waals surface area contributed by atoms with E-state index in [4.69, 9.17) is 4.74 Å². The molecule has 4 nitrogen and oxygen atoms in total. The quantitative estimate of drug-likeness (QED) is 0.812. The number of hydrogen-bond acceptors (Lipinski definition) is 3. The SMILES string of the molecule is CCC1NC(CC(C)C)N(CC2CCCO2)C1=O. The van der Waals surface area contributed by atoms with Gasteiger partial charge in [0.05, 0.1) is 18.3 Å². The summed E-state index contributed by atoms with van der Waals surface area (Å²) in [6.07, 6.45) is 4.57. The van der Waals surface area contributed by atoms with E-state index in [1.165, 1.54) is 0 Å². The zero-order valence-electron chi connectivity index (χ0n) is 11.8. The molecule has 3 unspecified atom stereocenters. The minimum atomic E-state index is 0.00940. The second-order valence-corrected chi connectivity index (χ2v) is 5.90. The molecule has 0 aromatic carbocycles. The summed E-state index contributed by atoms with van der Waals surface area (Å²) in [5, 5.41) is 3.47. The van der Waals surface area contributed by atoms with Gasteiger partial charge in [-0.1, -0.05) is 20.8 Å². The lowest BCUT2D eigenvalue weighted by Crippen LogP contribution is -2.42. The van der Waals surface area contributed by atoms with Crippen LogP contribution in [0.3, 0.4) is 0 Å². The maximum Gasteiger partial charge on any atom is 0.241 e. The van der Waals surface area contributed by atoms with Crippen molar-refractivity contribution in [3.05, 3.63) is 0 Å². The molecule has 2 rings (SSSR count). The minimum absolute atomic E-state index is 0.00940. The van der Waals surface area contributed by atoms with Crippen LogP contribution < -0.4 is 5.32 Å². The van der Waals surface area contributed by atoms with Crippen LogP contribution >= 0.6 is 0 Å². The second kappa shape index (κ2) is 6.02. The van der Waals surface area contributed by atoms with Gasteiger partial charge in [0.2, 0.25) is 5.91 Å². The molecule has 2 saturated heterocycles. The summed E-state index contributed by atoms with van der Waals surface area (Å²) in [4.78, 5) is 14.3. The van der Waals surface area contributed by atoms with Crippen LogP contribution in [0, 0.1) is 5.92 Å². The Labute approximate surface area is 110 Å². The standard InChI is InChI=1S/C14H26N2O2/c1-4-12-14(17)16(9-11-6-5-7-18-11)13(15-12)8-10(2)3/h10-13,15H,4-9H2,1-3H3. The molecule has 0 aliphatic carbocycles. The first kappa shape index (κ1) is 13.8. The number of ether oxygens (including phenoxy) is 1. The number of carbonyl (C=O) groups is 1. The van der Waals surface area contributed by atoms with E-state index >= 15 is 0 Å². The molecular weight excluding hydrogens is 228 g/mol. The molecule has 0 aromatic heterocycles. The zero-order valence-corrected chi connectivity index (χ0v) is 11.8. The van der Waals surface area contributed by atoms with Crippen molar-refractivity contribution in [1.29, 1.82) is 0 Å². The van der Waals surface area contributed by atoms with Gasteiger partial charge in [0.25, 0.3) is 0 Å². The number of carbonyl (C=O) groups excluding carboxylic acids is 1. The number of rotatable bonds is 5. The van der Waals surface area contributed by atoms with E-state index in [9.17, 15) is 4.79 Å². The first-order chi connectivity index (χ1) is 8.61. The van der Waals surface area contributed by atoms with Crippen LogP contribution in [0.15, 0.2) is 0 Å². The Hall–Kier alpha value is -0.610. The molecule has 104 valence electrons. The first-order valence-electron chi connectivity index (χ1n) is 7.30. The third-order valence-electron chi connectivity index (χ3n) is 3.88. The summed E-state index contributed by atoms with van der Waals surface area (Å²) in [6.45, 7) is 8.09. The van der Waals surface area contributed by atoms with Crippen molar-refractivity contribution in [1.82, 2.24) is 10.2 Å². The Bertz CT molecular complexity index is 288. The van der Waals surface area contributed by atoms with E-state index < -0.39 is 0 Å². The summed E-state index contributed by atoms with van der Waals surface area (Å²) in [5.41, 5.74) is 0. The van der Waals surface area contributed by atoms with E-state index in [-0.39, 0.29) is 24.2 Å². The molecule has 0 spiro atoms. The molecule has 4 heteroatoms. The fourth-order valence-corrected chi connectivity index (χ4v) is 2.91. The number of nitrogens with one attached hydrogen (secondary N) is 1. The van der Waals surface area contributed by atoms with Crippen molar-refractivity contribution >= 4 is 5.91 Å². The zero-order chi connectivity index (χ0) is 13.1. The number of nitrogens with zero attached hydrogens (tertiary/aromatic N) is 1. The van der Waals surface area contributed by atoms with Gasteiger partial charge < -0.3 is 9.64 Å². The van der Waals surface area contributed by atoms with Crippen molar-refractivity contribution in [3.63, 3.8) is 0 Å². The van der Waals surface area contributed by atoms with Crippen LogP contribution in [0.25, 0.3) is 0 Å². The van der Waals surface area contributed by atoms with Gasteiger partial charge in [0.1, 0.15) is 0 Å². The molecule has 2 aliphatic rings. The summed E-state index contributed by atoms with van der Waals surface area (Å²) in [6, 6.07) is 0.00940. The van der Waals surface area contributed by atoms with Gasteiger partial charge in [-0.3, -0.25) is 10.1 Å². The topological polar surface area (TPSA) is 41.6 Å². The van der Waals surface area contributed by atoms with Crippen molar-refractivity contribution in [2.75, 3.05) is 13.2 Å². The van der Waals surface area contributed by atoms with Crippen LogP contribution in [0.2, 0.25) is 0 Å². The summed E-state index contributed by atoms with van der Waals surface area (Å²) in [7, 11) is 0. The third kappa shape index (κ3) is 3.04. The summed E-state index contributed by atoms with van der Waals surface area (Å²) >= 11 is 0. The smallest absolute Gasteiger partial charge is 0.241 e. The Balaban J connectivity index is 1.99. The molecular formula is C14H26N2O2. The molecule has 2 aliphatic heterocycles. The predicted molar refractivity (Wildman–Crippen MR) is 71.1 cm³/mol. The van der Waals surface area contributed by atoms with E-state index in [2.05, 4.69) is 26.1 Å². The van der Waals surface area contributed by atoms with Crippen molar-refractivity contribution in [3.8, 4) is 0 Å². The van der Waals surface area contributed by atoms with Crippen LogP contribution in [-0.2, 0) is 9.53 Å². The van der Waals surface area contributed by atoms with E-state index in [0.29, 0.717) is 5.92 Å².